The Morgan fingerprint density at radius 3 is 2.45 bits per heavy atom. The molecule has 4 aromatic rings. The summed E-state index contributed by atoms with van der Waals surface area (Å²) < 4.78 is 15.7. The zero-order valence-electron chi connectivity index (χ0n) is 17.6. The Morgan fingerprint density at radius 2 is 1.77 bits per heavy atom. The van der Waals surface area contributed by atoms with Crippen LogP contribution >= 0.6 is 0 Å². The van der Waals surface area contributed by atoms with Crippen LogP contribution in [0.15, 0.2) is 60.8 Å². The number of nitrogens with one attached hydrogen (secondary N) is 1. The lowest BCUT2D eigenvalue weighted by Gasteiger charge is -2.09. The molecule has 31 heavy (non-hydrogen) atoms. The Kier molecular flexibility index (Phi) is 5.38. The number of anilines is 1. The first-order chi connectivity index (χ1) is 14.8. The molecule has 2 aromatic heterocycles. The average molecular weight is 415 g/mol. The number of benzene rings is 2. The summed E-state index contributed by atoms with van der Waals surface area (Å²) >= 11 is 0. The molecule has 0 radical (unpaired) electrons. The predicted molar refractivity (Wildman–Crippen MR) is 119 cm³/mol. The summed E-state index contributed by atoms with van der Waals surface area (Å²) in [5.41, 5.74) is 5.60. The highest BCUT2D eigenvalue weighted by Crippen LogP contribution is 2.27. The minimum Gasteiger partial charge on any atom is -0.326 e. The van der Waals surface area contributed by atoms with Gasteiger partial charge in [0, 0.05) is 23.0 Å². The van der Waals surface area contributed by atoms with E-state index in [2.05, 4.69) is 5.32 Å². The number of hydrogen-bond donors (Lipinski definition) is 1. The van der Waals surface area contributed by atoms with E-state index in [1.54, 1.807) is 43.3 Å². The maximum Gasteiger partial charge on any atom is 0.230 e. The van der Waals surface area contributed by atoms with Gasteiger partial charge in [-0.15, -0.1) is 0 Å². The van der Waals surface area contributed by atoms with E-state index in [1.807, 2.05) is 29.7 Å². The number of aromatic nitrogens is 2. The SMILES string of the molecule is CC(=O)c1ccc(NC(=O)Cc2c(-c3ccc(F)c(C)c3)nc3ccc(C)cn23)cc1. The molecule has 0 aliphatic heterocycles. The van der Waals surface area contributed by atoms with E-state index in [0.29, 0.717) is 22.5 Å². The normalized spacial score (nSPS) is 11.0. The summed E-state index contributed by atoms with van der Waals surface area (Å²) in [4.78, 5) is 29.0. The first-order valence-corrected chi connectivity index (χ1v) is 9.97. The van der Waals surface area contributed by atoms with Crippen molar-refractivity contribution in [3.8, 4) is 11.3 Å². The number of carbonyl (C=O) groups excluding carboxylic acids is 2. The van der Waals surface area contributed by atoms with Crippen LogP contribution < -0.4 is 5.32 Å². The summed E-state index contributed by atoms with van der Waals surface area (Å²) in [6.07, 6.45) is 2.03. The summed E-state index contributed by atoms with van der Waals surface area (Å²) in [7, 11) is 0. The number of pyridine rings is 1. The largest absolute Gasteiger partial charge is 0.326 e. The molecule has 2 aromatic carbocycles. The first-order valence-electron chi connectivity index (χ1n) is 9.97. The lowest BCUT2D eigenvalue weighted by atomic mass is 10.1. The van der Waals surface area contributed by atoms with Gasteiger partial charge in [0.25, 0.3) is 0 Å². The molecule has 0 bridgehead atoms. The van der Waals surface area contributed by atoms with E-state index in [4.69, 9.17) is 4.98 Å². The molecule has 4 rings (SSSR count). The van der Waals surface area contributed by atoms with Gasteiger partial charge < -0.3 is 9.72 Å². The Balaban J connectivity index is 1.69. The third-order valence-corrected chi connectivity index (χ3v) is 5.20. The zero-order valence-corrected chi connectivity index (χ0v) is 17.6. The van der Waals surface area contributed by atoms with Crippen molar-refractivity contribution in [2.24, 2.45) is 0 Å². The highest BCUT2D eigenvalue weighted by Gasteiger charge is 2.18. The van der Waals surface area contributed by atoms with Crippen molar-refractivity contribution in [1.82, 2.24) is 9.38 Å². The monoisotopic (exact) mass is 415 g/mol. The van der Waals surface area contributed by atoms with Crippen LogP contribution in [0.25, 0.3) is 16.9 Å². The molecule has 0 unspecified atom stereocenters. The number of fused-ring (bicyclic) bond motifs is 1. The molecule has 0 aliphatic rings. The molecule has 0 atom stereocenters. The van der Waals surface area contributed by atoms with Crippen molar-refractivity contribution in [3.63, 3.8) is 0 Å². The molecule has 0 spiro atoms. The van der Waals surface area contributed by atoms with E-state index in [1.165, 1.54) is 13.0 Å². The smallest absolute Gasteiger partial charge is 0.230 e. The van der Waals surface area contributed by atoms with Crippen molar-refractivity contribution < 1.29 is 14.0 Å². The van der Waals surface area contributed by atoms with Crippen molar-refractivity contribution in [3.05, 3.63) is 89.0 Å². The van der Waals surface area contributed by atoms with Crippen LogP contribution in [0.3, 0.4) is 0 Å². The van der Waals surface area contributed by atoms with Gasteiger partial charge in [0.15, 0.2) is 5.78 Å². The summed E-state index contributed by atoms with van der Waals surface area (Å²) in [6.45, 7) is 5.18. The molecule has 0 saturated carbocycles. The van der Waals surface area contributed by atoms with E-state index in [-0.39, 0.29) is 23.9 Å². The molecule has 1 amide bonds. The Labute approximate surface area is 179 Å². The maximum absolute atomic E-state index is 13.8. The van der Waals surface area contributed by atoms with Crippen molar-refractivity contribution in [1.29, 1.82) is 0 Å². The Morgan fingerprint density at radius 1 is 1.03 bits per heavy atom. The van der Waals surface area contributed by atoms with Gasteiger partial charge in [-0.3, -0.25) is 9.59 Å². The molecule has 0 saturated heterocycles. The summed E-state index contributed by atoms with van der Waals surface area (Å²) in [5.74, 6) is -0.520. The predicted octanol–water partition coefficient (Wildman–Crippen LogP) is 5.14. The van der Waals surface area contributed by atoms with Crippen LogP contribution in [0.5, 0.6) is 0 Å². The number of hydrogen-bond acceptors (Lipinski definition) is 3. The Hall–Kier alpha value is -3.80. The van der Waals surface area contributed by atoms with Crippen LogP contribution in [0.2, 0.25) is 0 Å². The number of Topliss-reactive ketones (excluding diaryl/α,β-unsaturated/α-hetero) is 1. The second-order valence-electron chi connectivity index (χ2n) is 7.66. The molecule has 1 N–H and O–H groups in total. The van der Waals surface area contributed by atoms with Gasteiger partial charge in [0.2, 0.25) is 5.91 Å². The zero-order chi connectivity index (χ0) is 22.1. The van der Waals surface area contributed by atoms with Crippen molar-refractivity contribution in [2.45, 2.75) is 27.2 Å². The van der Waals surface area contributed by atoms with Gasteiger partial charge in [0.05, 0.1) is 17.8 Å². The fourth-order valence-corrected chi connectivity index (χ4v) is 3.54. The number of carbonyl (C=O) groups is 2. The molecule has 6 heteroatoms. The number of ketones is 1. The molecule has 5 nitrogen and oxygen atoms in total. The Bertz CT molecular complexity index is 1310. The fraction of sp³-hybridized carbons (Fsp3) is 0.160. The number of nitrogens with zero attached hydrogens (tertiary/aromatic N) is 2. The maximum atomic E-state index is 13.8. The van der Waals surface area contributed by atoms with E-state index in [0.717, 1.165) is 22.5 Å². The van der Waals surface area contributed by atoms with Crippen LogP contribution in [0.1, 0.15) is 34.1 Å². The van der Waals surface area contributed by atoms with Gasteiger partial charge in [-0.2, -0.15) is 0 Å². The summed E-state index contributed by atoms with van der Waals surface area (Å²) in [6, 6.07) is 15.5. The topological polar surface area (TPSA) is 63.5 Å². The number of rotatable bonds is 5. The lowest BCUT2D eigenvalue weighted by molar-refractivity contribution is -0.115. The third-order valence-electron chi connectivity index (χ3n) is 5.20. The number of aryl methyl sites for hydroxylation is 2. The van der Waals surface area contributed by atoms with E-state index < -0.39 is 0 Å². The summed E-state index contributed by atoms with van der Waals surface area (Å²) in [5, 5.41) is 2.87. The van der Waals surface area contributed by atoms with Crippen molar-refractivity contribution in [2.75, 3.05) is 5.32 Å². The lowest BCUT2D eigenvalue weighted by Crippen LogP contribution is -2.16. The molecular formula is C25H22FN3O2. The standard InChI is InChI=1S/C25H22FN3O2/c1-15-4-11-23-28-25(19-7-10-21(26)16(2)12-19)22(29(23)14-15)13-24(31)27-20-8-5-18(6-9-20)17(3)30/h4-12,14H,13H2,1-3H3,(H,27,31). The minimum atomic E-state index is -0.281. The fourth-order valence-electron chi connectivity index (χ4n) is 3.54. The molecule has 156 valence electrons. The van der Waals surface area contributed by atoms with Gasteiger partial charge in [0.1, 0.15) is 11.5 Å². The number of imidazole rings is 1. The van der Waals surface area contributed by atoms with Crippen LogP contribution in [0.4, 0.5) is 10.1 Å². The van der Waals surface area contributed by atoms with E-state index in [9.17, 15) is 14.0 Å². The second kappa shape index (κ2) is 8.14. The minimum absolute atomic E-state index is 0.0294. The molecule has 2 heterocycles. The van der Waals surface area contributed by atoms with Gasteiger partial charge >= 0.3 is 0 Å². The average Bonchev–Trinajstić information content (AvgIpc) is 3.08. The number of amides is 1. The number of halogens is 1. The molecular weight excluding hydrogens is 393 g/mol. The van der Waals surface area contributed by atoms with Crippen LogP contribution in [-0.2, 0) is 11.2 Å². The molecule has 0 fully saturated rings. The van der Waals surface area contributed by atoms with Gasteiger partial charge in [-0.05, 0) is 80.4 Å². The van der Waals surface area contributed by atoms with Gasteiger partial charge in [-0.25, -0.2) is 9.37 Å². The first kappa shape index (κ1) is 20.5. The van der Waals surface area contributed by atoms with E-state index >= 15 is 0 Å². The quantitative estimate of drug-likeness (QED) is 0.459. The third kappa shape index (κ3) is 4.23. The van der Waals surface area contributed by atoms with Crippen molar-refractivity contribution >= 4 is 23.0 Å². The van der Waals surface area contributed by atoms with Crippen LogP contribution in [0, 0.1) is 19.7 Å². The van der Waals surface area contributed by atoms with Gasteiger partial charge in [-0.1, -0.05) is 6.07 Å². The second-order valence-corrected chi connectivity index (χ2v) is 7.66. The highest BCUT2D eigenvalue weighted by molar-refractivity contribution is 5.96. The van der Waals surface area contributed by atoms with Crippen LogP contribution in [-0.4, -0.2) is 21.1 Å². The molecule has 0 aliphatic carbocycles. The highest BCUT2D eigenvalue weighted by atomic mass is 19.1.